The highest BCUT2D eigenvalue weighted by Crippen LogP contribution is 2.38. The lowest BCUT2D eigenvalue weighted by atomic mass is 9.80. The summed E-state index contributed by atoms with van der Waals surface area (Å²) in [6.07, 6.45) is 10.2. The van der Waals surface area contributed by atoms with Crippen molar-refractivity contribution in [1.82, 2.24) is 30.0 Å². The number of nitrogens with zero attached hydrogens (tertiary/aromatic N) is 7. The monoisotopic (exact) mass is 562 g/mol. The first-order valence-electron chi connectivity index (χ1n) is 15.0. The molecule has 2 saturated heterocycles. The third-order valence-corrected chi connectivity index (χ3v) is 8.36. The van der Waals surface area contributed by atoms with Gasteiger partial charge in [0.2, 0.25) is 0 Å². The molecule has 0 aliphatic carbocycles. The molecule has 0 aromatic carbocycles. The summed E-state index contributed by atoms with van der Waals surface area (Å²) >= 11 is 0. The zero-order valence-electron chi connectivity index (χ0n) is 24.7. The van der Waals surface area contributed by atoms with Crippen LogP contribution in [0, 0.1) is 5.41 Å². The first-order valence-corrected chi connectivity index (χ1v) is 15.0. The minimum absolute atomic E-state index is 0.00843. The number of hydrogen-bond acceptors (Lipinski definition) is 9. The molecule has 1 N–H and O–H groups in total. The maximum absolute atomic E-state index is 12.2. The van der Waals surface area contributed by atoms with Crippen LogP contribution in [0.2, 0.25) is 0 Å². The van der Waals surface area contributed by atoms with Gasteiger partial charge in [-0.1, -0.05) is 6.92 Å². The maximum atomic E-state index is 12.2. The van der Waals surface area contributed by atoms with Crippen molar-refractivity contribution in [2.75, 3.05) is 42.6 Å². The molecule has 220 valence electrons. The van der Waals surface area contributed by atoms with Gasteiger partial charge in [-0.15, -0.1) is 5.10 Å². The molecule has 6 heterocycles. The van der Waals surface area contributed by atoms with E-state index < -0.39 is 5.60 Å². The minimum atomic E-state index is -0.505. The van der Waals surface area contributed by atoms with Crippen molar-refractivity contribution in [3.05, 3.63) is 30.2 Å². The van der Waals surface area contributed by atoms with E-state index in [1.807, 2.05) is 43.9 Å². The molecule has 3 aromatic rings. The van der Waals surface area contributed by atoms with Crippen LogP contribution in [0.4, 0.5) is 22.1 Å². The van der Waals surface area contributed by atoms with E-state index in [0.717, 1.165) is 105 Å². The molecule has 3 aliphatic rings. The number of ether oxygens (including phenoxy) is 2. The number of pyridine rings is 1. The lowest BCUT2D eigenvalue weighted by Gasteiger charge is -2.40. The fourth-order valence-corrected chi connectivity index (χ4v) is 6.00. The van der Waals surface area contributed by atoms with Gasteiger partial charge < -0.3 is 24.6 Å². The van der Waals surface area contributed by atoms with Crippen LogP contribution in [-0.2, 0) is 15.9 Å². The van der Waals surface area contributed by atoms with Crippen molar-refractivity contribution in [3.8, 4) is 0 Å². The van der Waals surface area contributed by atoms with Gasteiger partial charge in [0.25, 0.3) is 0 Å². The molecular formula is C30H42N8O3. The van der Waals surface area contributed by atoms with E-state index in [2.05, 4.69) is 33.1 Å². The van der Waals surface area contributed by atoms with Crippen molar-refractivity contribution in [2.24, 2.45) is 5.41 Å². The third kappa shape index (κ3) is 5.95. The molecule has 3 aromatic heterocycles. The molecule has 11 heteroatoms. The van der Waals surface area contributed by atoms with E-state index in [1.165, 1.54) is 0 Å². The quantitative estimate of drug-likeness (QED) is 0.452. The third-order valence-electron chi connectivity index (χ3n) is 8.36. The predicted octanol–water partition coefficient (Wildman–Crippen LogP) is 5.14. The van der Waals surface area contributed by atoms with Crippen LogP contribution in [-0.4, -0.2) is 69.2 Å². The Labute approximate surface area is 241 Å². The second-order valence-electron chi connectivity index (χ2n) is 12.9. The summed E-state index contributed by atoms with van der Waals surface area (Å²) in [6, 6.07) is 4.10. The van der Waals surface area contributed by atoms with Gasteiger partial charge in [-0.3, -0.25) is 4.98 Å². The number of aromatic nitrogens is 5. The van der Waals surface area contributed by atoms with Gasteiger partial charge in [-0.2, -0.15) is 0 Å². The summed E-state index contributed by atoms with van der Waals surface area (Å²) in [6.45, 7) is 11.7. The van der Waals surface area contributed by atoms with Gasteiger partial charge in [0, 0.05) is 39.0 Å². The maximum Gasteiger partial charge on any atom is 0.407 e. The van der Waals surface area contributed by atoms with Crippen molar-refractivity contribution < 1.29 is 14.3 Å². The molecule has 1 atom stereocenters. The van der Waals surface area contributed by atoms with Crippen molar-refractivity contribution in [2.45, 2.75) is 84.5 Å². The summed E-state index contributed by atoms with van der Waals surface area (Å²) in [5, 5.41) is 8.08. The Morgan fingerprint density at radius 3 is 2.76 bits per heavy atom. The van der Waals surface area contributed by atoms with Gasteiger partial charge >= 0.3 is 6.09 Å². The number of hydrogen-bond donors (Lipinski definition) is 1. The Bertz CT molecular complexity index is 1390. The predicted molar refractivity (Wildman–Crippen MR) is 158 cm³/mol. The average molecular weight is 563 g/mol. The number of carbonyl (C=O) groups is 1. The number of fused-ring (bicyclic) bond motifs is 2. The van der Waals surface area contributed by atoms with Crippen LogP contribution in [0.5, 0.6) is 0 Å². The largest absolute Gasteiger partial charge is 0.444 e. The van der Waals surface area contributed by atoms with Gasteiger partial charge in [0.1, 0.15) is 11.4 Å². The summed E-state index contributed by atoms with van der Waals surface area (Å²) < 4.78 is 13.6. The van der Waals surface area contributed by atoms with Crippen molar-refractivity contribution in [1.29, 1.82) is 0 Å². The van der Waals surface area contributed by atoms with Crippen molar-refractivity contribution >= 4 is 34.6 Å². The fourth-order valence-electron chi connectivity index (χ4n) is 6.00. The second kappa shape index (κ2) is 11.1. The Hall–Kier alpha value is -3.47. The molecule has 0 radical (unpaired) electrons. The normalized spacial score (nSPS) is 21.0. The number of aryl methyl sites for hydroxylation is 1. The number of carbonyl (C=O) groups excluding carboxylic acids is 1. The van der Waals surface area contributed by atoms with E-state index in [-0.39, 0.29) is 17.7 Å². The molecule has 3 aliphatic heterocycles. The fraction of sp³-hybridized carbons (Fsp3) is 0.633. The molecule has 2 fully saturated rings. The zero-order chi connectivity index (χ0) is 28.6. The Balaban J connectivity index is 1.24. The van der Waals surface area contributed by atoms with Gasteiger partial charge in [-0.05, 0) is 83.3 Å². The molecule has 0 spiro atoms. The highest BCUT2D eigenvalue weighted by Gasteiger charge is 2.33. The molecule has 6 rings (SSSR count). The van der Waals surface area contributed by atoms with Crippen molar-refractivity contribution in [3.63, 3.8) is 0 Å². The van der Waals surface area contributed by atoms with Gasteiger partial charge in [-0.25, -0.2) is 19.4 Å². The first-order chi connectivity index (χ1) is 19.7. The van der Waals surface area contributed by atoms with Crippen LogP contribution >= 0.6 is 0 Å². The Morgan fingerprint density at radius 1 is 1.17 bits per heavy atom. The van der Waals surface area contributed by atoms with E-state index >= 15 is 0 Å². The van der Waals surface area contributed by atoms with E-state index in [0.29, 0.717) is 6.54 Å². The number of piperidine rings is 1. The van der Waals surface area contributed by atoms with E-state index in [4.69, 9.17) is 24.5 Å². The number of anilines is 3. The lowest BCUT2D eigenvalue weighted by molar-refractivity contribution is -0.0368. The van der Waals surface area contributed by atoms with Gasteiger partial charge in [0.15, 0.2) is 23.2 Å². The van der Waals surface area contributed by atoms with E-state index in [9.17, 15) is 4.79 Å². The lowest BCUT2D eigenvalue weighted by Crippen LogP contribution is -2.46. The first kappa shape index (κ1) is 27.7. The number of nitrogens with one attached hydrogen (secondary N) is 1. The van der Waals surface area contributed by atoms with E-state index in [1.54, 1.807) is 0 Å². The summed E-state index contributed by atoms with van der Waals surface area (Å²) in [5.74, 6) is 1.67. The molecule has 41 heavy (non-hydrogen) atoms. The van der Waals surface area contributed by atoms with Gasteiger partial charge in [0.05, 0.1) is 17.6 Å². The molecule has 1 amide bonds. The molecule has 1 unspecified atom stereocenters. The molecule has 0 saturated carbocycles. The molecule has 0 bridgehead atoms. The highest BCUT2D eigenvalue weighted by atomic mass is 16.6. The number of rotatable bonds is 5. The summed E-state index contributed by atoms with van der Waals surface area (Å²) in [7, 11) is 0. The van der Waals surface area contributed by atoms with Crippen LogP contribution in [0.25, 0.3) is 11.2 Å². The molecule has 11 nitrogen and oxygen atoms in total. The zero-order valence-corrected chi connectivity index (χ0v) is 24.7. The van der Waals surface area contributed by atoms with Crippen LogP contribution in [0.15, 0.2) is 24.5 Å². The standard InChI is InChI=1S/C30H42N8O3/c1-29(2,3)41-28(39)33-20-30(4)12-16-36(17-13-30)23-19-32-25-26(34-23)38(24-11-5-6-18-40-24)35-27(25)37-15-8-9-21-22(37)10-7-14-31-21/h7,10,14,19,24H,5-6,8-9,11-13,15-18,20H2,1-4H3,(H,33,39). The SMILES string of the molecule is CC1(CNC(=O)OC(C)(C)C)CCN(c2cnc3c(N4CCCc5ncccc54)nn(C4CCCCO4)c3n2)CC1. The smallest absolute Gasteiger partial charge is 0.407 e. The minimum Gasteiger partial charge on any atom is -0.444 e. The molecular weight excluding hydrogens is 520 g/mol. The summed E-state index contributed by atoms with van der Waals surface area (Å²) in [5.41, 5.74) is 3.23. The second-order valence-corrected chi connectivity index (χ2v) is 12.9. The number of alkyl carbamates (subject to hydrolysis) is 1. The Morgan fingerprint density at radius 2 is 2.00 bits per heavy atom. The topological polar surface area (TPSA) is 111 Å². The summed E-state index contributed by atoms with van der Waals surface area (Å²) in [4.78, 5) is 31.5. The van der Waals surface area contributed by atoms with Crippen LogP contribution < -0.4 is 15.1 Å². The van der Waals surface area contributed by atoms with Crippen LogP contribution in [0.3, 0.4) is 0 Å². The number of amides is 1. The highest BCUT2D eigenvalue weighted by molar-refractivity contribution is 5.88. The van der Waals surface area contributed by atoms with Crippen LogP contribution in [0.1, 0.15) is 78.1 Å². The average Bonchev–Trinajstić information content (AvgIpc) is 3.35. The Kier molecular flexibility index (Phi) is 7.48.